The smallest absolute Gasteiger partial charge is 0.0234 e. The molecule has 0 amide bonds. The standard InChI is InChI=1S/C15H24N2/c1-13(2)15-6-4-14(5-7-15)12-17-10-8-16(3)9-11-17/h4-7,13H,8-12H2,1-3H3. The van der Waals surface area contributed by atoms with Crippen LogP contribution in [0.25, 0.3) is 0 Å². The zero-order chi connectivity index (χ0) is 12.3. The molecule has 0 radical (unpaired) electrons. The average Bonchev–Trinajstić information content (AvgIpc) is 2.33. The van der Waals surface area contributed by atoms with Crippen LogP contribution >= 0.6 is 0 Å². The highest BCUT2D eigenvalue weighted by Gasteiger charge is 2.13. The summed E-state index contributed by atoms with van der Waals surface area (Å²) < 4.78 is 0. The number of rotatable bonds is 3. The molecule has 0 spiro atoms. The third kappa shape index (κ3) is 3.55. The molecule has 1 aliphatic heterocycles. The van der Waals surface area contributed by atoms with Crippen molar-refractivity contribution in [3.05, 3.63) is 35.4 Å². The summed E-state index contributed by atoms with van der Waals surface area (Å²) in [4.78, 5) is 4.95. The van der Waals surface area contributed by atoms with Crippen LogP contribution in [0.4, 0.5) is 0 Å². The molecule has 0 bridgehead atoms. The van der Waals surface area contributed by atoms with Crippen LogP contribution in [0.15, 0.2) is 24.3 Å². The van der Waals surface area contributed by atoms with Crippen molar-refractivity contribution in [3.8, 4) is 0 Å². The van der Waals surface area contributed by atoms with Crippen LogP contribution in [0.3, 0.4) is 0 Å². The number of hydrogen-bond acceptors (Lipinski definition) is 2. The molecule has 1 saturated heterocycles. The van der Waals surface area contributed by atoms with Gasteiger partial charge in [0.05, 0.1) is 0 Å². The van der Waals surface area contributed by atoms with Crippen molar-refractivity contribution in [1.29, 1.82) is 0 Å². The Morgan fingerprint density at radius 3 is 2.12 bits per heavy atom. The molecular weight excluding hydrogens is 208 g/mol. The van der Waals surface area contributed by atoms with E-state index in [0.717, 1.165) is 6.54 Å². The van der Waals surface area contributed by atoms with E-state index in [1.165, 1.54) is 37.3 Å². The second-order valence-electron chi connectivity index (χ2n) is 5.48. The van der Waals surface area contributed by atoms with Gasteiger partial charge in [-0.05, 0) is 24.1 Å². The van der Waals surface area contributed by atoms with Crippen molar-refractivity contribution in [2.75, 3.05) is 33.2 Å². The van der Waals surface area contributed by atoms with E-state index in [9.17, 15) is 0 Å². The molecule has 0 N–H and O–H groups in total. The lowest BCUT2D eigenvalue weighted by molar-refractivity contribution is 0.148. The fourth-order valence-electron chi connectivity index (χ4n) is 2.27. The van der Waals surface area contributed by atoms with Crippen LogP contribution in [-0.4, -0.2) is 43.0 Å². The second kappa shape index (κ2) is 5.65. The quantitative estimate of drug-likeness (QED) is 0.790. The molecule has 0 atom stereocenters. The van der Waals surface area contributed by atoms with E-state index in [1.807, 2.05) is 0 Å². The lowest BCUT2D eigenvalue weighted by Crippen LogP contribution is -2.43. The topological polar surface area (TPSA) is 6.48 Å². The molecule has 0 saturated carbocycles. The monoisotopic (exact) mass is 232 g/mol. The van der Waals surface area contributed by atoms with Gasteiger partial charge in [0.2, 0.25) is 0 Å². The van der Waals surface area contributed by atoms with Crippen molar-refractivity contribution in [2.45, 2.75) is 26.3 Å². The predicted octanol–water partition coefficient (Wildman–Crippen LogP) is 2.56. The van der Waals surface area contributed by atoms with Crippen molar-refractivity contribution >= 4 is 0 Å². The Kier molecular flexibility index (Phi) is 4.19. The normalized spacial score (nSPS) is 18.8. The zero-order valence-electron chi connectivity index (χ0n) is 11.3. The molecule has 0 unspecified atom stereocenters. The summed E-state index contributed by atoms with van der Waals surface area (Å²) in [7, 11) is 2.20. The van der Waals surface area contributed by atoms with E-state index in [1.54, 1.807) is 0 Å². The van der Waals surface area contributed by atoms with Gasteiger partial charge in [-0.15, -0.1) is 0 Å². The van der Waals surface area contributed by atoms with E-state index in [0.29, 0.717) is 5.92 Å². The molecular formula is C15H24N2. The van der Waals surface area contributed by atoms with E-state index < -0.39 is 0 Å². The predicted molar refractivity (Wildman–Crippen MR) is 73.3 cm³/mol. The third-order valence-corrected chi connectivity index (χ3v) is 3.65. The van der Waals surface area contributed by atoms with Gasteiger partial charge in [0.15, 0.2) is 0 Å². The maximum Gasteiger partial charge on any atom is 0.0234 e. The summed E-state index contributed by atoms with van der Waals surface area (Å²) in [6.45, 7) is 10.4. The van der Waals surface area contributed by atoms with Crippen LogP contribution in [0.5, 0.6) is 0 Å². The molecule has 2 rings (SSSR count). The van der Waals surface area contributed by atoms with Gasteiger partial charge in [-0.25, -0.2) is 0 Å². The molecule has 17 heavy (non-hydrogen) atoms. The summed E-state index contributed by atoms with van der Waals surface area (Å²) in [6.07, 6.45) is 0. The second-order valence-corrected chi connectivity index (χ2v) is 5.48. The minimum absolute atomic E-state index is 0.632. The Balaban J connectivity index is 1.90. The van der Waals surface area contributed by atoms with Gasteiger partial charge in [-0.2, -0.15) is 0 Å². The maximum atomic E-state index is 2.55. The van der Waals surface area contributed by atoms with E-state index in [4.69, 9.17) is 0 Å². The summed E-state index contributed by atoms with van der Waals surface area (Å²) in [6, 6.07) is 9.12. The Bertz CT molecular complexity index is 334. The first-order valence-electron chi connectivity index (χ1n) is 6.65. The molecule has 1 aliphatic rings. The molecule has 1 aromatic carbocycles. The van der Waals surface area contributed by atoms with Crippen molar-refractivity contribution < 1.29 is 0 Å². The van der Waals surface area contributed by atoms with E-state index in [-0.39, 0.29) is 0 Å². The summed E-state index contributed by atoms with van der Waals surface area (Å²) in [5.74, 6) is 0.632. The lowest BCUT2D eigenvalue weighted by atomic mass is 10.0. The van der Waals surface area contributed by atoms with Crippen molar-refractivity contribution in [2.24, 2.45) is 0 Å². The van der Waals surface area contributed by atoms with Gasteiger partial charge in [0.1, 0.15) is 0 Å². The van der Waals surface area contributed by atoms with E-state index >= 15 is 0 Å². The summed E-state index contributed by atoms with van der Waals surface area (Å²) >= 11 is 0. The number of hydrogen-bond donors (Lipinski definition) is 0. The SMILES string of the molecule is CC(C)c1ccc(CN2CCN(C)CC2)cc1. The van der Waals surface area contributed by atoms with Gasteiger partial charge >= 0.3 is 0 Å². The number of piperazine rings is 1. The highest BCUT2D eigenvalue weighted by molar-refractivity contribution is 5.24. The summed E-state index contributed by atoms with van der Waals surface area (Å²) in [5, 5.41) is 0. The van der Waals surface area contributed by atoms with Crippen molar-refractivity contribution in [3.63, 3.8) is 0 Å². The highest BCUT2D eigenvalue weighted by Crippen LogP contribution is 2.16. The first-order valence-corrected chi connectivity index (χ1v) is 6.65. The largest absolute Gasteiger partial charge is 0.304 e. The minimum atomic E-state index is 0.632. The maximum absolute atomic E-state index is 2.55. The van der Waals surface area contributed by atoms with Crippen LogP contribution in [-0.2, 0) is 6.54 Å². The molecule has 2 heteroatoms. The third-order valence-electron chi connectivity index (χ3n) is 3.65. The van der Waals surface area contributed by atoms with Crippen LogP contribution in [0, 0.1) is 0 Å². The van der Waals surface area contributed by atoms with E-state index in [2.05, 4.69) is 55.0 Å². The Hall–Kier alpha value is -0.860. The number of nitrogens with zero attached hydrogens (tertiary/aromatic N) is 2. The van der Waals surface area contributed by atoms with Gasteiger partial charge in [0, 0.05) is 32.7 Å². The molecule has 1 heterocycles. The van der Waals surface area contributed by atoms with Gasteiger partial charge in [0.25, 0.3) is 0 Å². The molecule has 0 aliphatic carbocycles. The summed E-state index contributed by atoms with van der Waals surface area (Å²) in [5.41, 5.74) is 2.88. The molecule has 1 aromatic rings. The van der Waals surface area contributed by atoms with Crippen LogP contribution < -0.4 is 0 Å². The van der Waals surface area contributed by atoms with Gasteiger partial charge < -0.3 is 4.90 Å². The Morgan fingerprint density at radius 1 is 1.00 bits per heavy atom. The van der Waals surface area contributed by atoms with Crippen LogP contribution in [0.1, 0.15) is 30.9 Å². The molecule has 0 aromatic heterocycles. The Morgan fingerprint density at radius 2 is 1.59 bits per heavy atom. The fourth-order valence-corrected chi connectivity index (χ4v) is 2.27. The first kappa shape index (κ1) is 12.6. The lowest BCUT2D eigenvalue weighted by Gasteiger charge is -2.32. The number of likely N-dealkylation sites (N-methyl/N-ethyl adjacent to an activating group) is 1. The molecule has 94 valence electrons. The molecule has 2 nitrogen and oxygen atoms in total. The first-order chi connectivity index (χ1) is 8.15. The zero-order valence-corrected chi connectivity index (χ0v) is 11.3. The number of benzene rings is 1. The average molecular weight is 232 g/mol. The van der Waals surface area contributed by atoms with Gasteiger partial charge in [-0.1, -0.05) is 38.1 Å². The van der Waals surface area contributed by atoms with Crippen molar-refractivity contribution in [1.82, 2.24) is 9.80 Å². The Labute approximate surface area is 105 Å². The molecule has 1 fully saturated rings. The fraction of sp³-hybridized carbons (Fsp3) is 0.600. The minimum Gasteiger partial charge on any atom is -0.304 e. The highest BCUT2D eigenvalue weighted by atomic mass is 15.2. The van der Waals surface area contributed by atoms with Crippen LogP contribution in [0.2, 0.25) is 0 Å². The van der Waals surface area contributed by atoms with Gasteiger partial charge in [-0.3, -0.25) is 4.90 Å².